The molecular weight excluding hydrogens is 240 g/mol. The number of ether oxygens (including phenoxy) is 2. The Morgan fingerprint density at radius 3 is 2.89 bits per heavy atom. The molecule has 0 saturated carbocycles. The van der Waals surface area contributed by atoms with Gasteiger partial charge < -0.3 is 19.7 Å². The topological polar surface area (TPSA) is 33.7 Å². The number of nitrogens with one attached hydrogen (secondary N) is 1. The van der Waals surface area contributed by atoms with Gasteiger partial charge in [-0.05, 0) is 25.1 Å². The summed E-state index contributed by atoms with van der Waals surface area (Å²) in [5, 5.41) is 3.39. The zero-order chi connectivity index (χ0) is 13.5. The molecule has 0 bridgehead atoms. The van der Waals surface area contributed by atoms with E-state index in [1.807, 2.05) is 7.05 Å². The number of anilines is 1. The molecule has 1 aromatic rings. The van der Waals surface area contributed by atoms with Gasteiger partial charge in [-0.2, -0.15) is 0 Å². The molecular formula is C15H24N2O2. The Morgan fingerprint density at radius 1 is 1.26 bits per heavy atom. The largest absolute Gasteiger partial charge is 0.382 e. The molecule has 1 aliphatic heterocycles. The Labute approximate surface area is 115 Å². The first-order chi connectivity index (χ1) is 9.36. The van der Waals surface area contributed by atoms with Gasteiger partial charge >= 0.3 is 0 Å². The molecule has 1 atom stereocenters. The molecule has 0 radical (unpaired) electrons. The smallest absolute Gasteiger partial charge is 0.0701 e. The molecule has 0 spiro atoms. The first kappa shape index (κ1) is 14.3. The van der Waals surface area contributed by atoms with Crippen LogP contribution in [-0.2, 0) is 9.47 Å². The Bertz CT molecular complexity index is 384. The van der Waals surface area contributed by atoms with Crippen LogP contribution in [0.1, 0.15) is 18.0 Å². The average molecular weight is 264 g/mol. The quantitative estimate of drug-likeness (QED) is 0.762. The average Bonchev–Trinajstić information content (AvgIpc) is 2.47. The number of methoxy groups -OCH3 is 1. The predicted octanol–water partition coefficient (Wildman–Crippen LogP) is 1.82. The number of para-hydroxylation sites is 1. The summed E-state index contributed by atoms with van der Waals surface area (Å²) in [6, 6.07) is 9.11. The highest BCUT2D eigenvalue weighted by Crippen LogP contribution is 2.32. The van der Waals surface area contributed by atoms with Gasteiger partial charge in [-0.15, -0.1) is 0 Å². The van der Waals surface area contributed by atoms with Crippen LogP contribution in [0.15, 0.2) is 24.3 Å². The standard InChI is InChI=1S/C15H24N2O2/c1-16-14-7-8-17(9-10-19-12-11-18-2)15-6-4-3-5-13(14)15/h3-6,14,16H,7-12H2,1-2H3. The minimum absolute atomic E-state index is 0.474. The van der Waals surface area contributed by atoms with Crippen molar-refractivity contribution in [3.8, 4) is 0 Å². The maximum absolute atomic E-state index is 5.56. The van der Waals surface area contributed by atoms with Crippen LogP contribution in [-0.4, -0.2) is 47.1 Å². The summed E-state index contributed by atoms with van der Waals surface area (Å²) in [6.07, 6.45) is 1.14. The Balaban J connectivity index is 1.92. The third kappa shape index (κ3) is 3.69. The van der Waals surface area contributed by atoms with Crippen molar-refractivity contribution in [1.29, 1.82) is 0 Å². The van der Waals surface area contributed by atoms with Crippen molar-refractivity contribution in [3.05, 3.63) is 29.8 Å². The maximum atomic E-state index is 5.56. The SMILES string of the molecule is CNC1CCN(CCOCCOC)c2ccccc21. The minimum Gasteiger partial charge on any atom is -0.382 e. The van der Waals surface area contributed by atoms with Crippen LogP contribution in [0, 0.1) is 0 Å². The highest BCUT2D eigenvalue weighted by Gasteiger charge is 2.22. The number of hydrogen-bond acceptors (Lipinski definition) is 4. The molecule has 0 fully saturated rings. The van der Waals surface area contributed by atoms with Gasteiger partial charge in [0.2, 0.25) is 0 Å². The van der Waals surface area contributed by atoms with E-state index < -0.39 is 0 Å². The fraction of sp³-hybridized carbons (Fsp3) is 0.600. The van der Waals surface area contributed by atoms with Gasteiger partial charge in [0.25, 0.3) is 0 Å². The fourth-order valence-corrected chi connectivity index (χ4v) is 2.58. The van der Waals surface area contributed by atoms with E-state index >= 15 is 0 Å². The van der Waals surface area contributed by atoms with E-state index in [9.17, 15) is 0 Å². The van der Waals surface area contributed by atoms with Crippen molar-refractivity contribution in [3.63, 3.8) is 0 Å². The Morgan fingerprint density at radius 2 is 2.11 bits per heavy atom. The Hall–Kier alpha value is -1.10. The molecule has 1 N–H and O–H groups in total. The van der Waals surface area contributed by atoms with Crippen molar-refractivity contribution in [2.45, 2.75) is 12.5 Å². The van der Waals surface area contributed by atoms with E-state index in [1.54, 1.807) is 7.11 Å². The summed E-state index contributed by atoms with van der Waals surface area (Å²) in [4.78, 5) is 2.41. The molecule has 4 heteroatoms. The van der Waals surface area contributed by atoms with Crippen LogP contribution in [0.25, 0.3) is 0 Å². The predicted molar refractivity (Wildman–Crippen MR) is 77.8 cm³/mol. The lowest BCUT2D eigenvalue weighted by Crippen LogP contribution is -2.36. The Kier molecular flexibility index (Phi) is 5.63. The van der Waals surface area contributed by atoms with E-state index in [4.69, 9.17) is 9.47 Å². The van der Waals surface area contributed by atoms with Gasteiger partial charge in [-0.1, -0.05) is 18.2 Å². The van der Waals surface area contributed by atoms with Crippen LogP contribution in [0.5, 0.6) is 0 Å². The van der Waals surface area contributed by atoms with E-state index in [0.29, 0.717) is 19.3 Å². The molecule has 106 valence electrons. The van der Waals surface area contributed by atoms with Crippen LogP contribution in [0.4, 0.5) is 5.69 Å². The molecule has 0 aromatic heterocycles. The zero-order valence-corrected chi connectivity index (χ0v) is 11.9. The third-order valence-electron chi connectivity index (χ3n) is 3.63. The second-order valence-corrected chi connectivity index (χ2v) is 4.78. The maximum Gasteiger partial charge on any atom is 0.0701 e. The molecule has 19 heavy (non-hydrogen) atoms. The van der Waals surface area contributed by atoms with Gasteiger partial charge in [0.1, 0.15) is 0 Å². The molecule has 1 unspecified atom stereocenters. The van der Waals surface area contributed by atoms with Gasteiger partial charge in [-0.3, -0.25) is 0 Å². The third-order valence-corrected chi connectivity index (χ3v) is 3.63. The lowest BCUT2D eigenvalue weighted by Gasteiger charge is -2.35. The lowest BCUT2D eigenvalue weighted by atomic mass is 9.96. The van der Waals surface area contributed by atoms with E-state index in [-0.39, 0.29) is 0 Å². The molecule has 1 aromatic carbocycles. The molecule has 0 aliphatic carbocycles. The van der Waals surface area contributed by atoms with Gasteiger partial charge in [-0.25, -0.2) is 0 Å². The van der Waals surface area contributed by atoms with Crippen molar-refractivity contribution in [1.82, 2.24) is 5.32 Å². The van der Waals surface area contributed by atoms with Crippen LogP contribution in [0.3, 0.4) is 0 Å². The summed E-state index contributed by atoms with van der Waals surface area (Å²) in [5.41, 5.74) is 2.73. The number of nitrogens with zero attached hydrogens (tertiary/aromatic N) is 1. The van der Waals surface area contributed by atoms with Gasteiger partial charge in [0.05, 0.1) is 19.8 Å². The molecule has 4 nitrogen and oxygen atoms in total. The van der Waals surface area contributed by atoms with Crippen molar-refractivity contribution in [2.24, 2.45) is 0 Å². The molecule has 0 saturated heterocycles. The second-order valence-electron chi connectivity index (χ2n) is 4.78. The van der Waals surface area contributed by atoms with Gasteiger partial charge in [0.15, 0.2) is 0 Å². The number of hydrogen-bond donors (Lipinski definition) is 1. The molecule has 0 amide bonds. The first-order valence-corrected chi connectivity index (χ1v) is 6.94. The summed E-state index contributed by atoms with van der Waals surface area (Å²) >= 11 is 0. The minimum atomic E-state index is 0.474. The lowest BCUT2D eigenvalue weighted by molar-refractivity contribution is 0.0739. The number of rotatable bonds is 7. The van der Waals surface area contributed by atoms with E-state index in [2.05, 4.69) is 34.5 Å². The van der Waals surface area contributed by atoms with Crippen LogP contribution >= 0.6 is 0 Å². The first-order valence-electron chi connectivity index (χ1n) is 6.94. The van der Waals surface area contributed by atoms with Gasteiger partial charge in [0, 0.05) is 31.9 Å². The molecule has 1 heterocycles. The summed E-state index contributed by atoms with van der Waals surface area (Å²) < 4.78 is 10.5. The van der Waals surface area contributed by atoms with Crippen molar-refractivity contribution < 1.29 is 9.47 Å². The van der Waals surface area contributed by atoms with E-state index in [1.165, 1.54) is 11.3 Å². The second kappa shape index (κ2) is 7.48. The van der Waals surface area contributed by atoms with Crippen LogP contribution in [0.2, 0.25) is 0 Å². The summed E-state index contributed by atoms with van der Waals surface area (Å²) in [7, 11) is 3.73. The van der Waals surface area contributed by atoms with Crippen molar-refractivity contribution >= 4 is 5.69 Å². The summed E-state index contributed by atoms with van der Waals surface area (Å²) in [5.74, 6) is 0. The van der Waals surface area contributed by atoms with Crippen molar-refractivity contribution in [2.75, 3.05) is 52.0 Å². The summed E-state index contributed by atoms with van der Waals surface area (Å²) in [6.45, 7) is 4.11. The highest BCUT2D eigenvalue weighted by atomic mass is 16.5. The molecule has 1 aliphatic rings. The van der Waals surface area contributed by atoms with E-state index in [0.717, 1.165) is 26.1 Å². The zero-order valence-electron chi connectivity index (χ0n) is 11.9. The number of benzene rings is 1. The molecule has 2 rings (SSSR count). The highest BCUT2D eigenvalue weighted by molar-refractivity contribution is 5.56. The number of fused-ring (bicyclic) bond motifs is 1. The monoisotopic (exact) mass is 264 g/mol. The normalized spacial score (nSPS) is 18.4. The van der Waals surface area contributed by atoms with Crippen LogP contribution < -0.4 is 10.2 Å². The fourth-order valence-electron chi connectivity index (χ4n) is 2.58.